The Bertz CT molecular complexity index is 633. The molecule has 0 aromatic heterocycles. The molecule has 1 aromatic rings. The molecule has 3 nitrogen and oxygen atoms in total. The predicted octanol–water partition coefficient (Wildman–Crippen LogP) is 4.67. The summed E-state index contributed by atoms with van der Waals surface area (Å²) in [4.78, 5) is 0. The molecule has 24 heavy (non-hydrogen) atoms. The van der Waals surface area contributed by atoms with Gasteiger partial charge in [0.15, 0.2) is 0 Å². The van der Waals surface area contributed by atoms with Gasteiger partial charge in [-0.15, -0.1) is 0 Å². The van der Waals surface area contributed by atoms with E-state index in [0.29, 0.717) is 24.1 Å². The van der Waals surface area contributed by atoms with Crippen LogP contribution in [0.3, 0.4) is 0 Å². The van der Waals surface area contributed by atoms with Gasteiger partial charge in [-0.2, -0.15) is 0 Å². The lowest BCUT2D eigenvalue weighted by atomic mass is 9.67. The summed E-state index contributed by atoms with van der Waals surface area (Å²) in [6.07, 6.45) is 8.77. The molecule has 1 aliphatic carbocycles. The second-order valence-corrected chi connectivity index (χ2v) is 7.91. The van der Waals surface area contributed by atoms with E-state index >= 15 is 0 Å². The molecule has 1 aliphatic heterocycles. The van der Waals surface area contributed by atoms with Crippen LogP contribution in [0.1, 0.15) is 69.9 Å². The third-order valence-electron chi connectivity index (χ3n) is 5.78. The fourth-order valence-corrected chi connectivity index (χ4v) is 4.41. The molecule has 0 bridgehead atoms. The number of hydrogen-bond donors (Lipinski definition) is 2. The molecule has 0 spiro atoms. The van der Waals surface area contributed by atoms with Crippen molar-refractivity contribution in [2.45, 2.75) is 70.8 Å². The first-order valence-corrected chi connectivity index (χ1v) is 9.39. The van der Waals surface area contributed by atoms with Crippen molar-refractivity contribution in [3.8, 4) is 11.5 Å². The zero-order chi connectivity index (χ0) is 17.3. The maximum atomic E-state index is 10.7. The lowest BCUT2D eigenvalue weighted by Crippen LogP contribution is -2.45. The van der Waals surface area contributed by atoms with Crippen LogP contribution in [0.5, 0.6) is 11.5 Å². The second kappa shape index (κ2) is 6.79. The van der Waals surface area contributed by atoms with E-state index in [-0.39, 0.29) is 5.60 Å². The Balaban J connectivity index is 1.96. The fourth-order valence-electron chi connectivity index (χ4n) is 4.41. The summed E-state index contributed by atoms with van der Waals surface area (Å²) in [5.41, 5.74) is 9.14. The summed E-state index contributed by atoms with van der Waals surface area (Å²) in [5, 5.41) is 10.7. The van der Waals surface area contributed by atoms with E-state index in [4.69, 9.17) is 10.5 Å². The number of ether oxygens (including phenoxy) is 1. The van der Waals surface area contributed by atoms with E-state index in [9.17, 15) is 5.11 Å². The molecule has 0 saturated heterocycles. The van der Waals surface area contributed by atoms with Crippen molar-refractivity contribution >= 4 is 0 Å². The number of aromatic hydroxyl groups is 1. The quantitative estimate of drug-likeness (QED) is 0.609. The molecule has 0 amide bonds. The van der Waals surface area contributed by atoms with Crippen LogP contribution in [0.15, 0.2) is 23.8 Å². The van der Waals surface area contributed by atoms with Gasteiger partial charge >= 0.3 is 0 Å². The lowest BCUT2D eigenvalue weighted by molar-refractivity contribution is 0.00743. The van der Waals surface area contributed by atoms with Crippen LogP contribution in [0.2, 0.25) is 0 Å². The Morgan fingerprint density at radius 1 is 1.29 bits per heavy atom. The highest BCUT2D eigenvalue weighted by Crippen LogP contribution is 2.54. The van der Waals surface area contributed by atoms with Crippen LogP contribution < -0.4 is 10.5 Å². The Kier molecular flexibility index (Phi) is 4.91. The standard InChI is InChI=1S/C21H31NO2/c1-4-5-6-7-14-11-18(23)20-16-10-15(13-22)8-9-17(16)21(2,3)24-19(20)12-14/h8,11-12,16-17,23H,4-7,9-10,13,22H2,1-3H3/t16-,17-/m1/s1. The van der Waals surface area contributed by atoms with Gasteiger partial charge in [-0.25, -0.2) is 0 Å². The van der Waals surface area contributed by atoms with E-state index in [1.54, 1.807) is 0 Å². The third-order valence-corrected chi connectivity index (χ3v) is 5.78. The maximum absolute atomic E-state index is 10.7. The Hall–Kier alpha value is -1.48. The zero-order valence-electron chi connectivity index (χ0n) is 15.3. The highest BCUT2D eigenvalue weighted by atomic mass is 16.5. The van der Waals surface area contributed by atoms with Crippen molar-refractivity contribution in [2.75, 3.05) is 6.54 Å². The van der Waals surface area contributed by atoms with Gasteiger partial charge in [0, 0.05) is 23.9 Å². The number of hydrogen-bond acceptors (Lipinski definition) is 3. The SMILES string of the molecule is CCCCCc1cc(O)c2c(c1)OC(C)(C)[C@@H]1CC=C(CN)C[C@@H]21. The number of allylic oxidation sites excluding steroid dienone is 1. The fraction of sp³-hybridized carbons (Fsp3) is 0.619. The topological polar surface area (TPSA) is 55.5 Å². The maximum Gasteiger partial charge on any atom is 0.127 e. The predicted molar refractivity (Wildman–Crippen MR) is 98.6 cm³/mol. The molecule has 1 aromatic carbocycles. The summed E-state index contributed by atoms with van der Waals surface area (Å²) >= 11 is 0. The summed E-state index contributed by atoms with van der Waals surface area (Å²) in [6.45, 7) is 7.17. The van der Waals surface area contributed by atoms with Crippen molar-refractivity contribution in [3.63, 3.8) is 0 Å². The number of aryl methyl sites for hydroxylation is 1. The molecule has 2 aliphatic rings. The van der Waals surface area contributed by atoms with Crippen molar-refractivity contribution < 1.29 is 9.84 Å². The largest absolute Gasteiger partial charge is 0.508 e. The summed E-state index contributed by atoms with van der Waals surface area (Å²) in [7, 11) is 0. The van der Waals surface area contributed by atoms with Gasteiger partial charge in [0.25, 0.3) is 0 Å². The van der Waals surface area contributed by atoms with Gasteiger partial charge in [0.05, 0.1) is 0 Å². The van der Waals surface area contributed by atoms with Gasteiger partial charge in [0.1, 0.15) is 17.1 Å². The monoisotopic (exact) mass is 329 g/mol. The van der Waals surface area contributed by atoms with E-state index < -0.39 is 0 Å². The summed E-state index contributed by atoms with van der Waals surface area (Å²) in [6, 6.07) is 4.11. The number of nitrogens with two attached hydrogens (primary N) is 1. The van der Waals surface area contributed by atoms with E-state index in [1.165, 1.54) is 24.0 Å². The number of unbranched alkanes of at least 4 members (excludes halogenated alkanes) is 2. The van der Waals surface area contributed by atoms with E-state index in [2.05, 4.69) is 32.9 Å². The highest BCUT2D eigenvalue weighted by Gasteiger charge is 2.45. The number of rotatable bonds is 5. The molecular weight excluding hydrogens is 298 g/mol. The smallest absolute Gasteiger partial charge is 0.127 e. The molecule has 1 heterocycles. The van der Waals surface area contributed by atoms with Crippen molar-refractivity contribution in [1.29, 1.82) is 0 Å². The van der Waals surface area contributed by atoms with Crippen molar-refractivity contribution in [1.82, 2.24) is 0 Å². The zero-order valence-corrected chi connectivity index (χ0v) is 15.3. The second-order valence-electron chi connectivity index (χ2n) is 7.91. The first-order valence-electron chi connectivity index (χ1n) is 9.39. The summed E-state index contributed by atoms with van der Waals surface area (Å²) < 4.78 is 6.36. The Labute approximate surface area is 145 Å². The minimum Gasteiger partial charge on any atom is -0.508 e. The molecule has 0 fully saturated rings. The van der Waals surface area contributed by atoms with Gasteiger partial charge in [-0.1, -0.05) is 31.4 Å². The van der Waals surface area contributed by atoms with Crippen molar-refractivity contribution in [2.24, 2.45) is 11.7 Å². The molecule has 0 radical (unpaired) electrons. The first kappa shape index (κ1) is 17.3. The number of phenolic OH excluding ortho intramolecular Hbond substituents is 1. The first-order chi connectivity index (χ1) is 11.5. The Morgan fingerprint density at radius 3 is 2.79 bits per heavy atom. The molecule has 3 heteroatoms. The molecule has 2 atom stereocenters. The Morgan fingerprint density at radius 2 is 2.08 bits per heavy atom. The number of benzene rings is 1. The normalized spacial score (nSPS) is 24.6. The van der Waals surface area contributed by atoms with Crippen LogP contribution in [0, 0.1) is 5.92 Å². The molecule has 0 unspecified atom stereocenters. The van der Waals surface area contributed by atoms with Crippen LogP contribution in [-0.2, 0) is 6.42 Å². The average Bonchev–Trinajstić information content (AvgIpc) is 2.53. The molecule has 132 valence electrons. The van der Waals surface area contributed by atoms with Crippen LogP contribution >= 0.6 is 0 Å². The molecule has 3 N–H and O–H groups in total. The number of fused-ring (bicyclic) bond motifs is 3. The van der Waals surface area contributed by atoms with Gasteiger partial charge < -0.3 is 15.6 Å². The van der Waals surface area contributed by atoms with Gasteiger partial charge in [-0.3, -0.25) is 0 Å². The minimum atomic E-state index is -0.219. The molecular formula is C21H31NO2. The van der Waals surface area contributed by atoms with E-state index in [0.717, 1.165) is 37.0 Å². The van der Waals surface area contributed by atoms with Gasteiger partial charge in [-0.05, 0) is 57.2 Å². The van der Waals surface area contributed by atoms with Crippen LogP contribution in [0.4, 0.5) is 0 Å². The molecule has 0 saturated carbocycles. The van der Waals surface area contributed by atoms with Crippen molar-refractivity contribution in [3.05, 3.63) is 34.9 Å². The summed E-state index contributed by atoms with van der Waals surface area (Å²) in [5.74, 6) is 1.97. The third kappa shape index (κ3) is 3.19. The lowest BCUT2D eigenvalue weighted by Gasteiger charge is -2.47. The van der Waals surface area contributed by atoms with Crippen LogP contribution in [-0.4, -0.2) is 17.3 Å². The van der Waals surface area contributed by atoms with Crippen LogP contribution in [0.25, 0.3) is 0 Å². The minimum absolute atomic E-state index is 0.219. The van der Waals surface area contributed by atoms with E-state index in [1.807, 2.05) is 6.07 Å². The van der Waals surface area contributed by atoms with Gasteiger partial charge in [0.2, 0.25) is 0 Å². The number of phenols is 1. The average molecular weight is 329 g/mol. The highest BCUT2D eigenvalue weighted by molar-refractivity contribution is 5.52. The molecule has 3 rings (SSSR count).